The molecular formula is C39H50Cl2P2Ru+2. The quantitative estimate of drug-likeness (QED) is 0.211. The minimum atomic E-state index is -2.20. The summed E-state index contributed by atoms with van der Waals surface area (Å²) in [5.41, 5.74) is 12.0. The molecule has 5 heteroatoms. The van der Waals surface area contributed by atoms with Crippen LogP contribution in [0.2, 0.25) is 0 Å². The molecule has 0 aromatic heterocycles. The number of hydrogen-bond donors (Lipinski definition) is 0. The summed E-state index contributed by atoms with van der Waals surface area (Å²) in [7, 11) is 11.9. The van der Waals surface area contributed by atoms with Crippen molar-refractivity contribution in [3.63, 3.8) is 0 Å². The summed E-state index contributed by atoms with van der Waals surface area (Å²) in [6, 6.07) is 14.5. The van der Waals surface area contributed by atoms with Crippen LogP contribution in [0.5, 0.6) is 0 Å². The number of fused-ring (bicyclic) bond motifs is 2. The molecule has 4 saturated heterocycles. The first-order valence-corrected chi connectivity index (χ1v) is 27.3. The SMILES string of the molecule is CC(C)C[P+]12C3=C(c4ccccc4)c4c(cc5c(c4C14CCCC2CCC4)[P+]1(CC(C)C)C2CCCC51CCC2)[C]3=[Ru]([Cl])[Cl]. The summed E-state index contributed by atoms with van der Waals surface area (Å²) in [6.45, 7) is 10.2. The molecule has 9 rings (SSSR count). The standard InChI is InChI=1S/C39H50P2.2ClH.Ru/c1-26(2)24-40-30-14-10-20-39(40,21-11-15-30)36-35-29(23-33(40)34(35)28-12-6-5-7-13-28)22-32-37(36)41(25-27(3)4)31-16-8-18-38(32,41)19-9-17-31;;;/h5-7,12-13,22,26-27,30-31H,8-11,14-21,24-25H2,1-4H3;2*1H;/q+2;;;+2/p-2. The molecule has 6 heterocycles. The van der Waals surface area contributed by atoms with Crippen molar-refractivity contribution in [1.82, 2.24) is 0 Å². The van der Waals surface area contributed by atoms with Gasteiger partial charge in [0.1, 0.15) is 0 Å². The minimum absolute atomic E-state index is 0.373. The number of rotatable bonds is 5. The zero-order valence-electron chi connectivity index (χ0n) is 27.2. The average Bonchev–Trinajstić information content (AvgIpc) is 3.28. The van der Waals surface area contributed by atoms with E-state index in [1.807, 2.05) is 16.4 Å². The van der Waals surface area contributed by atoms with Gasteiger partial charge in [-0.05, 0) is 0 Å². The maximum atomic E-state index is 7.45. The molecule has 0 spiro atoms. The number of hydrogen-bond acceptors (Lipinski definition) is 0. The van der Waals surface area contributed by atoms with Gasteiger partial charge in [0.05, 0.1) is 0 Å². The fourth-order valence-electron chi connectivity index (χ4n) is 13.2. The average molecular weight is 753 g/mol. The van der Waals surface area contributed by atoms with E-state index in [1.54, 1.807) is 22.0 Å². The zero-order chi connectivity index (χ0) is 30.2. The van der Waals surface area contributed by atoms with Gasteiger partial charge < -0.3 is 0 Å². The predicted octanol–water partition coefficient (Wildman–Crippen LogP) is 11.8. The van der Waals surface area contributed by atoms with Gasteiger partial charge in [-0.2, -0.15) is 0 Å². The van der Waals surface area contributed by atoms with Crippen LogP contribution in [-0.2, 0) is 23.8 Å². The van der Waals surface area contributed by atoms with E-state index < -0.39 is 28.0 Å². The molecular weight excluding hydrogens is 702 g/mol. The molecule has 2 aromatic carbocycles. The molecule has 0 radical (unpaired) electrons. The van der Waals surface area contributed by atoms with Crippen molar-refractivity contribution < 1.29 is 13.5 Å². The molecule has 2 aromatic rings. The zero-order valence-corrected chi connectivity index (χ0v) is 32.2. The Labute approximate surface area is 280 Å². The van der Waals surface area contributed by atoms with E-state index in [4.69, 9.17) is 19.4 Å². The molecule has 7 aliphatic rings. The second-order valence-corrected chi connectivity index (χ2v) is 30.5. The molecule has 1 aliphatic carbocycles. The van der Waals surface area contributed by atoms with Crippen molar-refractivity contribution in [2.45, 2.75) is 126 Å². The molecule has 236 valence electrons. The van der Waals surface area contributed by atoms with Gasteiger partial charge in [-0.3, -0.25) is 0 Å². The van der Waals surface area contributed by atoms with E-state index in [2.05, 4.69) is 64.1 Å². The van der Waals surface area contributed by atoms with Crippen LogP contribution in [0, 0.1) is 11.8 Å². The van der Waals surface area contributed by atoms with Gasteiger partial charge in [-0.1, -0.05) is 0 Å². The van der Waals surface area contributed by atoms with Gasteiger partial charge in [0.15, 0.2) is 0 Å². The van der Waals surface area contributed by atoms with Crippen molar-refractivity contribution in [1.29, 1.82) is 0 Å². The summed E-state index contributed by atoms with van der Waals surface area (Å²) < 4.78 is 1.51. The molecule has 2 atom stereocenters. The fourth-order valence-corrected chi connectivity index (χ4v) is 33.4. The Hall–Kier alpha value is 0.113. The predicted molar refractivity (Wildman–Crippen MR) is 194 cm³/mol. The first-order valence-electron chi connectivity index (χ1n) is 17.9. The third-order valence-electron chi connectivity index (χ3n) is 13.8. The molecule has 2 unspecified atom stereocenters. The van der Waals surface area contributed by atoms with E-state index in [1.165, 1.54) is 99.0 Å². The van der Waals surface area contributed by atoms with E-state index in [9.17, 15) is 0 Å². The van der Waals surface area contributed by atoms with Gasteiger partial charge in [-0.15, -0.1) is 0 Å². The van der Waals surface area contributed by atoms with E-state index in [0.717, 1.165) is 17.2 Å². The van der Waals surface area contributed by atoms with Crippen molar-refractivity contribution in [2.24, 2.45) is 11.8 Å². The Balaban J connectivity index is 1.49. The topological polar surface area (TPSA) is 0 Å². The van der Waals surface area contributed by atoms with Crippen molar-refractivity contribution in [3.05, 3.63) is 69.5 Å². The maximum absolute atomic E-state index is 7.45. The van der Waals surface area contributed by atoms with Gasteiger partial charge in [0.25, 0.3) is 0 Å². The second-order valence-electron chi connectivity index (χ2n) is 16.5. The molecule has 4 fully saturated rings. The van der Waals surface area contributed by atoms with Crippen LogP contribution in [0.1, 0.15) is 133 Å². The van der Waals surface area contributed by atoms with E-state index in [-0.39, 0.29) is 0 Å². The van der Waals surface area contributed by atoms with Crippen LogP contribution >= 0.6 is 33.9 Å². The Morgan fingerprint density at radius 2 is 1.32 bits per heavy atom. The number of allylic oxidation sites excluding steroid dienone is 1. The Morgan fingerprint density at radius 1 is 0.773 bits per heavy atom. The van der Waals surface area contributed by atoms with E-state index in [0.29, 0.717) is 16.2 Å². The van der Waals surface area contributed by atoms with E-state index >= 15 is 0 Å². The molecule has 6 bridgehead atoms. The van der Waals surface area contributed by atoms with Gasteiger partial charge in [0.2, 0.25) is 0 Å². The Kier molecular flexibility index (Phi) is 7.08. The Bertz CT molecular complexity index is 1610. The molecule has 0 nitrogen and oxygen atoms in total. The van der Waals surface area contributed by atoms with Crippen molar-refractivity contribution >= 4 is 48.9 Å². The summed E-state index contributed by atoms with van der Waals surface area (Å²) in [4.78, 5) is 0. The third kappa shape index (κ3) is 3.43. The van der Waals surface area contributed by atoms with Gasteiger partial charge in [0, 0.05) is 0 Å². The summed E-state index contributed by atoms with van der Waals surface area (Å²) in [5, 5.41) is 4.70. The van der Waals surface area contributed by atoms with Gasteiger partial charge >= 0.3 is 282 Å². The normalized spacial score (nSPS) is 37.9. The fraction of sp³-hybridized carbons (Fsp3) is 0.615. The molecule has 6 aliphatic heterocycles. The van der Waals surface area contributed by atoms with Crippen LogP contribution in [0.4, 0.5) is 0 Å². The van der Waals surface area contributed by atoms with Crippen LogP contribution < -0.4 is 5.30 Å². The van der Waals surface area contributed by atoms with Crippen LogP contribution in [0.25, 0.3) is 5.57 Å². The number of benzene rings is 2. The van der Waals surface area contributed by atoms with Crippen LogP contribution in [0.3, 0.4) is 0 Å². The molecule has 0 N–H and O–H groups in total. The number of halogens is 2. The monoisotopic (exact) mass is 752 g/mol. The summed E-state index contributed by atoms with van der Waals surface area (Å²) in [5.74, 6) is 1.48. The van der Waals surface area contributed by atoms with Crippen molar-refractivity contribution in [2.75, 3.05) is 12.3 Å². The van der Waals surface area contributed by atoms with Crippen molar-refractivity contribution in [3.8, 4) is 0 Å². The molecule has 0 saturated carbocycles. The second kappa shape index (κ2) is 10.3. The third-order valence-corrected chi connectivity index (χ3v) is 30.3. The molecule has 0 amide bonds. The summed E-state index contributed by atoms with van der Waals surface area (Å²) >= 11 is -2.20. The Morgan fingerprint density at radius 3 is 1.89 bits per heavy atom. The van der Waals surface area contributed by atoms with Crippen LogP contribution in [-0.4, -0.2) is 27.7 Å². The first kappa shape index (κ1) is 30.2. The molecule has 44 heavy (non-hydrogen) atoms. The van der Waals surface area contributed by atoms with Crippen LogP contribution in [0.15, 0.2) is 41.7 Å². The van der Waals surface area contributed by atoms with Gasteiger partial charge in [-0.25, -0.2) is 0 Å². The summed E-state index contributed by atoms with van der Waals surface area (Å²) in [6.07, 6.45) is 20.3. The first-order chi connectivity index (χ1) is 21.2.